The average molecular weight is 224 g/mol. The van der Waals surface area contributed by atoms with E-state index >= 15 is 0 Å². The van der Waals surface area contributed by atoms with Crippen molar-refractivity contribution in [1.29, 1.82) is 0 Å². The highest BCUT2D eigenvalue weighted by atomic mass is 16.5. The van der Waals surface area contributed by atoms with Gasteiger partial charge in [-0.25, -0.2) is 0 Å². The van der Waals surface area contributed by atoms with E-state index in [-0.39, 0.29) is 6.61 Å². The molecule has 0 aliphatic heterocycles. The van der Waals surface area contributed by atoms with E-state index in [9.17, 15) is 9.59 Å². The SMILES string of the molecule is NC(=O)COc1ccc(C(N)C(=O)O)cc1. The highest BCUT2D eigenvalue weighted by Crippen LogP contribution is 2.16. The number of hydrogen-bond acceptors (Lipinski definition) is 4. The lowest BCUT2D eigenvalue weighted by Crippen LogP contribution is -2.21. The first-order chi connectivity index (χ1) is 7.50. The summed E-state index contributed by atoms with van der Waals surface area (Å²) in [7, 11) is 0. The molecular formula is C10H12N2O4. The van der Waals surface area contributed by atoms with Crippen LogP contribution in [-0.2, 0) is 9.59 Å². The molecule has 1 unspecified atom stereocenters. The number of carboxylic acid groups (broad SMARTS) is 1. The minimum Gasteiger partial charge on any atom is -0.484 e. The molecule has 5 N–H and O–H groups in total. The Morgan fingerprint density at radius 2 is 1.88 bits per heavy atom. The van der Waals surface area contributed by atoms with Crippen molar-refractivity contribution in [3.05, 3.63) is 29.8 Å². The van der Waals surface area contributed by atoms with Gasteiger partial charge in [0.2, 0.25) is 0 Å². The predicted octanol–water partition coefficient (Wildman–Crippen LogP) is -0.365. The molecule has 0 saturated carbocycles. The first-order valence-corrected chi connectivity index (χ1v) is 4.50. The molecule has 86 valence electrons. The third kappa shape index (κ3) is 3.25. The second-order valence-corrected chi connectivity index (χ2v) is 3.14. The van der Waals surface area contributed by atoms with Crippen molar-refractivity contribution < 1.29 is 19.4 Å². The molecule has 0 aliphatic rings. The van der Waals surface area contributed by atoms with Crippen molar-refractivity contribution in [3.8, 4) is 5.75 Å². The summed E-state index contributed by atoms with van der Waals surface area (Å²) in [5.74, 6) is -1.25. The van der Waals surface area contributed by atoms with E-state index in [2.05, 4.69) is 0 Å². The van der Waals surface area contributed by atoms with E-state index < -0.39 is 17.9 Å². The smallest absolute Gasteiger partial charge is 0.325 e. The summed E-state index contributed by atoms with van der Waals surface area (Å²) in [6, 6.07) is 5.04. The fraction of sp³-hybridized carbons (Fsp3) is 0.200. The van der Waals surface area contributed by atoms with Crippen molar-refractivity contribution in [1.82, 2.24) is 0 Å². The normalized spacial score (nSPS) is 11.8. The summed E-state index contributed by atoms with van der Waals surface area (Å²) in [5, 5.41) is 8.66. The van der Waals surface area contributed by atoms with Gasteiger partial charge in [0.05, 0.1) is 0 Å². The van der Waals surface area contributed by atoms with Gasteiger partial charge in [-0.05, 0) is 17.7 Å². The first kappa shape index (κ1) is 12.0. The number of rotatable bonds is 5. The summed E-state index contributed by atoms with van der Waals surface area (Å²) >= 11 is 0. The fourth-order valence-electron chi connectivity index (χ4n) is 1.07. The van der Waals surface area contributed by atoms with Crippen LogP contribution in [0.3, 0.4) is 0 Å². The molecule has 1 aromatic rings. The largest absolute Gasteiger partial charge is 0.484 e. The number of primary amides is 1. The van der Waals surface area contributed by atoms with Gasteiger partial charge >= 0.3 is 5.97 Å². The lowest BCUT2D eigenvalue weighted by atomic mass is 10.1. The van der Waals surface area contributed by atoms with Crippen molar-refractivity contribution in [2.45, 2.75) is 6.04 Å². The van der Waals surface area contributed by atoms with Gasteiger partial charge in [0.25, 0.3) is 5.91 Å². The molecule has 6 heteroatoms. The van der Waals surface area contributed by atoms with E-state index in [0.29, 0.717) is 11.3 Å². The average Bonchev–Trinajstić information content (AvgIpc) is 2.26. The van der Waals surface area contributed by atoms with Gasteiger partial charge in [-0.2, -0.15) is 0 Å². The molecule has 1 aromatic carbocycles. The second kappa shape index (κ2) is 5.13. The van der Waals surface area contributed by atoms with Gasteiger partial charge < -0.3 is 21.3 Å². The number of aliphatic carboxylic acids is 1. The van der Waals surface area contributed by atoms with Gasteiger partial charge in [0.15, 0.2) is 6.61 Å². The Hall–Kier alpha value is -2.08. The molecule has 0 bridgehead atoms. The minimum absolute atomic E-state index is 0.218. The Bertz CT molecular complexity index is 388. The molecule has 1 rings (SSSR count). The van der Waals surface area contributed by atoms with E-state index in [0.717, 1.165) is 0 Å². The highest BCUT2D eigenvalue weighted by molar-refractivity contribution is 5.76. The van der Waals surface area contributed by atoms with Gasteiger partial charge in [-0.1, -0.05) is 12.1 Å². The maximum Gasteiger partial charge on any atom is 0.325 e. The maximum absolute atomic E-state index is 10.6. The van der Waals surface area contributed by atoms with Gasteiger partial charge in [0.1, 0.15) is 11.8 Å². The molecule has 0 spiro atoms. The molecule has 1 atom stereocenters. The minimum atomic E-state index is -1.11. The zero-order valence-electron chi connectivity index (χ0n) is 8.42. The molecule has 0 aromatic heterocycles. The van der Waals surface area contributed by atoms with Gasteiger partial charge in [0, 0.05) is 0 Å². The molecule has 0 aliphatic carbocycles. The monoisotopic (exact) mass is 224 g/mol. The molecule has 0 radical (unpaired) electrons. The maximum atomic E-state index is 10.6. The first-order valence-electron chi connectivity index (χ1n) is 4.50. The van der Waals surface area contributed by atoms with Crippen molar-refractivity contribution in [3.63, 3.8) is 0 Å². The Labute approximate surface area is 91.8 Å². The summed E-state index contributed by atoms with van der Waals surface area (Å²) in [6.07, 6.45) is 0. The van der Waals surface area contributed by atoms with Crippen LogP contribution < -0.4 is 16.2 Å². The van der Waals surface area contributed by atoms with Crippen LogP contribution in [0.4, 0.5) is 0 Å². The molecule has 0 heterocycles. The molecule has 16 heavy (non-hydrogen) atoms. The van der Waals surface area contributed by atoms with Crippen LogP contribution in [0.5, 0.6) is 5.75 Å². The summed E-state index contributed by atoms with van der Waals surface area (Å²) < 4.78 is 5.00. The van der Waals surface area contributed by atoms with Crippen LogP contribution in [0.25, 0.3) is 0 Å². The third-order valence-electron chi connectivity index (χ3n) is 1.89. The zero-order valence-corrected chi connectivity index (χ0v) is 8.42. The van der Waals surface area contributed by atoms with Crippen LogP contribution >= 0.6 is 0 Å². The third-order valence-corrected chi connectivity index (χ3v) is 1.89. The topological polar surface area (TPSA) is 116 Å². The Kier molecular flexibility index (Phi) is 3.84. The Morgan fingerprint density at radius 1 is 1.31 bits per heavy atom. The highest BCUT2D eigenvalue weighted by Gasteiger charge is 2.13. The van der Waals surface area contributed by atoms with Crippen LogP contribution in [0.2, 0.25) is 0 Å². The van der Waals surface area contributed by atoms with E-state index in [1.54, 1.807) is 0 Å². The number of amides is 1. The summed E-state index contributed by atoms with van der Waals surface area (Å²) in [5.41, 5.74) is 10.7. The van der Waals surface area contributed by atoms with Crippen molar-refractivity contribution in [2.75, 3.05) is 6.61 Å². The summed E-state index contributed by atoms with van der Waals surface area (Å²) in [6.45, 7) is -0.218. The molecular weight excluding hydrogens is 212 g/mol. The van der Waals surface area contributed by atoms with Crippen molar-refractivity contribution >= 4 is 11.9 Å². The quantitative estimate of drug-likeness (QED) is 0.631. The van der Waals surface area contributed by atoms with Crippen molar-refractivity contribution in [2.24, 2.45) is 11.5 Å². The number of carbonyl (C=O) groups is 2. The van der Waals surface area contributed by atoms with Crippen LogP contribution in [0.1, 0.15) is 11.6 Å². The Balaban J connectivity index is 2.67. The standard InChI is InChI=1S/C10H12N2O4/c11-8(13)5-16-7-3-1-6(2-4-7)9(12)10(14)15/h1-4,9H,5,12H2,(H2,11,13)(H,14,15). The number of ether oxygens (including phenoxy) is 1. The second-order valence-electron chi connectivity index (χ2n) is 3.14. The van der Waals surface area contributed by atoms with Crippen LogP contribution in [-0.4, -0.2) is 23.6 Å². The zero-order chi connectivity index (χ0) is 12.1. The van der Waals surface area contributed by atoms with E-state index in [1.807, 2.05) is 0 Å². The van der Waals surface area contributed by atoms with E-state index in [4.69, 9.17) is 21.3 Å². The lowest BCUT2D eigenvalue weighted by molar-refractivity contribution is -0.138. The number of carboxylic acids is 1. The molecule has 6 nitrogen and oxygen atoms in total. The fourth-order valence-corrected chi connectivity index (χ4v) is 1.07. The number of nitrogens with two attached hydrogens (primary N) is 2. The van der Waals surface area contributed by atoms with E-state index in [1.165, 1.54) is 24.3 Å². The van der Waals surface area contributed by atoms with Gasteiger partial charge in [-0.15, -0.1) is 0 Å². The number of hydrogen-bond donors (Lipinski definition) is 3. The molecule has 0 saturated heterocycles. The Morgan fingerprint density at radius 3 is 2.31 bits per heavy atom. The molecule has 0 fully saturated rings. The van der Waals surface area contributed by atoms with Gasteiger partial charge in [-0.3, -0.25) is 9.59 Å². The molecule has 1 amide bonds. The predicted molar refractivity (Wildman–Crippen MR) is 55.7 cm³/mol. The van der Waals surface area contributed by atoms with Crippen LogP contribution in [0.15, 0.2) is 24.3 Å². The lowest BCUT2D eigenvalue weighted by Gasteiger charge is -2.08. The number of benzene rings is 1. The summed E-state index contributed by atoms with van der Waals surface area (Å²) in [4.78, 5) is 21.0. The van der Waals surface area contributed by atoms with Crippen LogP contribution in [0, 0.1) is 0 Å². The number of carbonyl (C=O) groups excluding carboxylic acids is 1.